The van der Waals surface area contributed by atoms with Gasteiger partial charge in [-0.3, -0.25) is 9.52 Å². The second kappa shape index (κ2) is 9.40. The number of piperidine rings is 1. The van der Waals surface area contributed by atoms with Crippen LogP contribution in [0.5, 0.6) is 0 Å². The van der Waals surface area contributed by atoms with Crippen LogP contribution < -0.4 is 10.5 Å². The normalized spacial score (nSPS) is 16.8. The lowest BCUT2D eigenvalue weighted by Crippen LogP contribution is -2.42. The molecule has 25 heavy (non-hydrogen) atoms. The summed E-state index contributed by atoms with van der Waals surface area (Å²) in [6.45, 7) is 5.27. The van der Waals surface area contributed by atoms with Crippen LogP contribution in [0, 0.1) is 5.92 Å². The summed E-state index contributed by atoms with van der Waals surface area (Å²) in [4.78, 5) is 14.4. The quantitative estimate of drug-likeness (QED) is 0.781. The van der Waals surface area contributed by atoms with Gasteiger partial charge in [0, 0.05) is 30.4 Å². The molecule has 1 aliphatic heterocycles. The maximum absolute atomic E-state index is 12.5. The molecule has 142 valence electrons. The van der Waals surface area contributed by atoms with Gasteiger partial charge in [0.2, 0.25) is 10.0 Å². The fraction of sp³-hybridized carbons (Fsp3) is 0.588. The molecule has 0 aromatic heterocycles. The molecule has 1 atom stereocenters. The van der Waals surface area contributed by atoms with Crippen molar-refractivity contribution in [1.29, 1.82) is 0 Å². The van der Waals surface area contributed by atoms with Gasteiger partial charge in [-0.1, -0.05) is 6.92 Å². The molecule has 2 rings (SSSR count). The molecule has 0 radical (unpaired) electrons. The van der Waals surface area contributed by atoms with Crippen LogP contribution in [-0.2, 0) is 10.0 Å². The molecular weight excluding hydrogens is 362 g/mol. The number of sulfonamides is 1. The Labute approximate surface area is 156 Å². The van der Waals surface area contributed by atoms with E-state index in [0.29, 0.717) is 23.6 Å². The summed E-state index contributed by atoms with van der Waals surface area (Å²) in [6, 6.07) is 6.77. The number of nitrogens with two attached hydrogens (primary N) is 1. The molecule has 1 heterocycles. The molecule has 0 saturated carbocycles. The molecule has 0 bridgehead atoms. The average Bonchev–Trinajstić information content (AvgIpc) is 2.54. The minimum atomic E-state index is -3.31. The predicted octanol–water partition coefficient (Wildman–Crippen LogP) is 2.46. The van der Waals surface area contributed by atoms with E-state index in [-0.39, 0.29) is 30.1 Å². The molecule has 0 aliphatic carbocycles. The van der Waals surface area contributed by atoms with Gasteiger partial charge in [0.25, 0.3) is 5.91 Å². The summed E-state index contributed by atoms with van der Waals surface area (Å²) in [5.41, 5.74) is 6.99. The number of anilines is 1. The molecule has 3 N–H and O–H groups in total. The van der Waals surface area contributed by atoms with Gasteiger partial charge >= 0.3 is 0 Å². The van der Waals surface area contributed by atoms with Crippen molar-refractivity contribution in [2.24, 2.45) is 11.7 Å². The van der Waals surface area contributed by atoms with Gasteiger partial charge in [-0.15, -0.1) is 12.4 Å². The first-order chi connectivity index (χ1) is 11.3. The summed E-state index contributed by atoms with van der Waals surface area (Å²) in [6.07, 6.45) is 2.42. The molecule has 1 aromatic rings. The Balaban J connectivity index is 0.00000312. The van der Waals surface area contributed by atoms with Gasteiger partial charge in [-0.05, 0) is 56.4 Å². The number of nitrogens with zero attached hydrogens (tertiary/aromatic N) is 1. The highest BCUT2D eigenvalue weighted by Crippen LogP contribution is 2.21. The monoisotopic (exact) mass is 389 g/mol. The third kappa shape index (κ3) is 6.17. The molecule has 6 nitrogen and oxygen atoms in total. The van der Waals surface area contributed by atoms with E-state index in [0.717, 1.165) is 25.9 Å². The van der Waals surface area contributed by atoms with Gasteiger partial charge in [0.05, 0.1) is 5.75 Å². The molecule has 8 heteroatoms. The van der Waals surface area contributed by atoms with Crippen LogP contribution in [-0.4, -0.2) is 44.1 Å². The smallest absolute Gasteiger partial charge is 0.253 e. The van der Waals surface area contributed by atoms with Crippen molar-refractivity contribution in [3.8, 4) is 0 Å². The summed E-state index contributed by atoms with van der Waals surface area (Å²) in [5.74, 6) is 0.549. The maximum atomic E-state index is 12.5. The van der Waals surface area contributed by atoms with Gasteiger partial charge in [0.1, 0.15) is 0 Å². The topological polar surface area (TPSA) is 92.5 Å². The standard InChI is InChI=1S/C17H27N3O3S.ClH/c1-3-12-24(22,23)19-16-6-4-15(5-7-16)17(21)20-10-8-14(9-11-20)13(2)18;/h4-7,13-14,19H,3,8-12,18H2,1-2H3;1H. The summed E-state index contributed by atoms with van der Waals surface area (Å²) in [5, 5.41) is 0. The SMILES string of the molecule is CCCS(=O)(=O)Nc1ccc(C(=O)N2CCC(C(C)N)CC2)cc1.Cl. The van der Waals surface area contributed by atoms with Crippen molar-refractivity contribution in [2.75, 3.05) is 23.6 Å². The van der Waals surface area contributed by atoms with E-state index in [9.17, 15) is 13.2 Å². The van der Waals surface area contributed by atoms with Crippen LogP contribution >= 0.6 is 12.4 Å². The number of benzene rings is 1. The zero-order valence-corrected chi connectivity index (χ0v) is 16.4. The Morgan fingerprint density at radius 2 is 1.84 bits per heavy atom. The summed E-state index contributed by atoms with van der Waals surface area (Å²) >= 11 is 0. The maximum Gasteiger partial charge on any atom is 0.253 e. The van der Waals surface area contributed by atoms with Gasteiger partial charge < -0.3 is 10.6 Å². The second-order valence-corrected chi connectivity index (χ2v) is 8.33. The first-order valence-electron chi connectivity index (χ1n) is 8.48. The van der Waals surface area contributed by atoms with E-state index in [4.69, 9.17) is 5.73 Å². The molecule has 1 unspecified atom stereocenters. The van der Waals surface area contributed by atoms with Crippen LogP contribution in [0.2, 0.25) is 0 Å². The number of carbonyl (C=O) groups is 1. The predicted molar refractivity (Wildman–Crippen MR) is 104 cm³/mol. The number of hydrogen-bond donors (Lipinski definition) is 2. The number of likely N-dealkylation sites (tertiary alicyclic amines) is 1. The molecule has 1 aliphatic rings. The highest BCUT2D eigenvalue weighted by molar-refractivity contribution is 7.92. The minimum Gasteiger partial charge on any atom is -0.339 e. The Morgan fingerprint density at radius 1 is 1.28 bits per heavy atom. The molecule has 1 saturated heterocycles. The van der Waals surface area contributed by atoms with Crippen LogP contribution in [0.15, 0.2) is 24.3 Å². The molecule has 1 aromatic carbocycles. The highest BCUT2D eigenvalue weighted by Gasteiger charge is 2.25. The second-order valence-electron chi connectivity index (χ2n) is 6.49. The highest BCUT2D eigenvalue weighted by atomic mass is 35.5. The van der Waals surface area contributed by atoms with Crippen LogP contribution in [0.4, 0.5) is 5.69 Å². The van der Waals surface area contributed by atoms with E-state index >= 15 is 0 Å². The Hall–Kier alpha value is -1.31. The third-order valence-corrected chi connectivity index (χ3v) is 5.94. The van der Waals surface area contributed by atoms with Crippen molar-refractivity contribution < 1.29 is 13.2 Å². The Kier molecular flexibility index (Phi) is 8.18. The third-order valence-electron chi connectivity index (χ3n) is 4.45. The van der Waals surface area contributed by atoms with Gasteiger partial charge in [-0.25, -0.2) is 8.42 Å². The van der Waals surface area contributed by atoms with Crippen molar-refractivity contribution in [1.82, 2.24) is 4.90 Å². The number of rotatable bonds is 6. The van der Waals surface area contributed by atoms with Crippen LogP contribution in [0.3, 0.4) is 0 Å². The number of hydrogen-bond acceptors (Lipinski definition) is 4. The van der Waals surface area contributed by atoms with Crippen LogP contribution in [0.1, 0.15) is 43.5 Å². The minimum absolute atomic E-state index is 0. The van der Waals surface area contributed by atoms with Gasteiger partial charge in [0.15, 0.2) is 0 Å². The summed E-state index contributed by atoms with van der Waals surface area (Å²) in [7, 11) is -3.31. The fourth-order valence-corrected chi connectivity index (χ4v) is 4.13. The molecular formula is C17H28ClN3O3S. The van der Waals surface area contributed by atoms with Crippen molar-refractivity contribution in [3.05, 3.63) is 29.8 Å². The van der Waals surface area contributed by atoms with Crippen LogP contribution in [0.25, 0.3) is 0 Å². The molecule has 0 spiro atoms. The summed E-state index contributed by atoms with van der Waals surface area (Å²) < 4.78 is 26.0. The van der Waals surface area contributed by atoms with E-state index in [1.54, 1.807) is 24.3 Å². The number of amides is 1. The first kappa shape index (κ1) is 21.7. The lowest BCUT2D eigenvalue weighted by atomic mass is 9.90. The van der Waals surface area contributed by atoms with E-state index in [1.807, 2.05) is 18.7 Å². The fourth-order valence-electron chi connectivity index (χ4n) is 2.99. The van der Waals surface area contributed by atoms with Crippen molar-refractivity contribution in [3.63, 3.8) is 0 Å². The van der Waals surface area contributed by atoms with E-state index in [1.165, 1.54) is 0 Å². The van der Waals surface area contributed by atoms with E-state index in [2.05, 4.69) is 4.72 Å². The van der Waals surface area contributed by atoms with Gasteiger partial charge in [-0.2, -0.15) is 0 Å². The zero-order chi connectivity index (χ0) is 17.7. The largest absolute Gasteiger partial charge is 0.339 e. The van der Waals surface area contributed by atoms with Crippen molar-refractivity contribution >= 4 is 34.0 Å². The average molecular weight is 390 g/mol. The molecule has 1 amide bonds. The Bertz CT molecular complexity index is 654. The number of nitrogens with one attached hydrogen (secondary N) is 1. The number of halogens is 1. The first-order valence-corrected chi connectivity index (χ1v) is 10.1. The number of carbonyl (C=O) groups excluding carboxylic acids is 1. The lowest BCUT2D eigenvalue weighted by Gasteiger charge is -2.33. The molecule has 1 fully saturated rings. The van der Waals surface area contributed by atoms with E-state index < -0.39 is 10.0 Å². The Morgan fingerprint density at radius 3 is 2.32 bits per heavy atom. The van der Waals surface area contributed by atoms with Crippen molar-refractivity contribution in [2.45, 2.75) is 39.2 Å². The zero-order valence-electron chi connectivity index (χ0n) is 14.8. The lowest BCUT2D eigenvalue weighted by molar-refractivity contribution is 0.0681.